The van der Waals surface area contributed by atoms with Crippen LogP contribution >= 0.6 is 0 Å². The molecule has 6 nitrogen and oxygen atoms in total. The zero-order valence-corrected chi connectivity index (χ0v) is 5.99. The first-order valence-electron chi connectivity index (χ1n) is 3.10. The number of aliphatic hydroxyl groups is 2. The van der Waals surface area contributed by atoms with Crippen LogP contribution in [0.1, 0.15) is 0 Å². The van der Waals surface area contributed by atoms with Crippen LogP contribution in [-0.2, 0) is 4.74 Å². The van der Waals surface area contributed by atoms with Gasteiger partial charge in [-0.25, -0.2) is 4.79 Å². The van der Waals surface area contributed by atoms with Gasteiger partial charge in [-0.05, 0) is 0 Å². The molecule has 0 fully saturated rings. The molecule has 0 bridgehead atoms. The molecule has 2 amide bonds. The smallest absolute Gasteiger partial charge is 0.314 e. The summed E-state index contributed by atoms with van der Waals surface area (Å²) in [6, 6.07) is -0.776. The van der Waals surface area contributed by atoms with Crippen molar-refractivity contribution in [2.24, 2.45) is 5.73 Å². The highest BCUT2D eigenvalue weighted by molar-refractivity contribution is 5.71. The van der Waals surface area contributed by atoms with Crippen LogP contribution in [0.5, 0.6) is 0 Å². The van der Waals surface area contributed by atoms with E-state index in [1.807, 2.05) is 0 Å². The van der Waals surface area contributed by atoms with Crippen LogP contribution in [0.2, 0.25) is 0 Å². The predicted octanol–water partition coefficient (Wildman–Crippen LogP) is -2.02. The molecule has 0 aliphatic rings. The third-order valence-electron chi connectivity index (χ3n) is 0.879. The highest BCUT2D eigenvalue weighted by Gasteiger charge is 2.07. The summed E-state index contributed by atoms with van der Waals surface area (Å²) in [6.07, 6.45) is -0.834. The second-order valence-corrected chi connectivity index (χ2v) is 1.77. The Morgan fingerprint density at radius 2 is 2.27 bits per heavy atom. The number of ether oxygens (including phenoxy) is 1. The SMILES string of the molecule is NC(=O)NC(CO)OCCO. The lowest BCUT2D eigenvalue weighted by molar-refractivity contribution is -0.0146. The summed E-state index contributed by atoms with van der Waals surface area (Å²) in [7, 11) is 0. The van der Waals surface area contributed by atoms with Crippen LogP contribution < -0.4 is 11.1 Å². The van der Waals surface area contributed by atoms with Gasteiger partial charge in [-0.2, -0.15) is 0 Å². The molecule has 0 aromatic carbocycles. The molecule has 0 radical (unpaired) electrons. The lowest BCUT2D eigenvalue weighted by Gasteiger charge is -2.14. The third kappa shape index (κ3) is 5.59. The predicted molar refractivity (Wildman–Crippen MR) is 36.6 cm³/mol. The molecule has 0 heterocycles. The van der Waals surface area contributed by atoms with Crippen molar-refractivity contribution < 1.29 is 19.7 Å². The molecule has 0 aliphatic carbocycles. The Morgan fingerprint density at radius 3 is 2.64 bits per heavy atom. The average Bonchev–Trinajstić information content (AvgIpc) is 1.97. The lowest BCUT2D eigenvalue weighted by atomic mass is 10.6. The van der Waals surface area contributed by atoms with Crippen molar-refractivity contribution in [3.63, 3.8) is 0 Å². The summed E-state index contributed by atoms with van der Waals surface area (Å²) in [6.45, 7) is -0.495. The zero-order valence-electron chi connectivity index (χ0n) is 5.99. The van der Waals surface area contributed by atoms with Crippen LogP contribution in [0.3, 0.4) is 0 Å². The van der Waals surface area contributed by atoms with E-state index in [-0.39, 0.29) is 19.8 Å². The van der Waals surface area contributed by atoms with Crippen LogP contribution in [-0.4, -0.2) is 42.3 Å². The minimum absolute atomic E-state index is 0.0471. The number of rotatable bonds is 5. The van der Waals surface area contributed by atoms with Crippen molar-refractivity contribution in [1.29, 1.82) is 0 Å². The number of primary amides is 1. The number of nitrogens with two attached hydrogens (primary N) is 1. The summed E-state index contributed by atoms with van der Waals surface area (Å²) < 4.78 is 4.74. The quantitative estimate of drug-likeness (QED) is 0.352. The fourth-order valence-corrected chi connectivity index (χ4v) is 0.494. The second-order valence-electron chi connectivity index (χ2n) is 1.77. The van der Waals surface area contributed by atoms with Crippen LogP contribution in [0, 0.1) is 0 Å². The molecule has 0 spiro atoms. The van der Waals surface area contributed by atoms with E-state index < -0.39 is 12.3 Å². The summed E-state index contributed by atoms with van der Waals surface area (Å²) >= 11 is 0. The lowest BCUT2D eigenvalue weighted by Crippen LogP contribution is -2.42. The van der Waals surface area contributed by atoms with E-state index in [1.165, 1.54) is 0 Å². The number of hydrogen-bond acceptors (Lipinski definition) is 4. The second kappa shape index (κ2) is 5.90. The van der Waals surface area contributed by atoms with Crippen molar-refractivity contribution in [2.75, 3.05) is 19.8 Å². The number of carbonyl (C=O) groups is 1. The molecule has 0 saturated heterocycles. The Morgan fingerprint density at radius 1 is 1.64 bits per heavy atom. The van der Waals surface area contributed by atoms with Gasteiger partial charge >= 0.3 is 6.03 Å². The average molecular weight is 164 g/mol. The van der Waals surface area contributed by atoms with Crippen LogP contribution in [0.25, 0.3) is 0 Å². The molecule has 5 N–H and O–H groups in total. The van der Waals surface area contributed by atoms with Gasteiger partial charge in [0.05, 0.1) is 19.8 Å². The van der Waals surface area contributed by atoms with Gasteiger partial charge in [-0.1, -0.05) is 0 Å². The Labute approximate surface area is 64.0 Å². The number of amides is 2. The molecule has 0 rings (SSSR count). The molecule has 0 saturated carbocycles. The highest BCUT2D eigenvalue weighted by atomic mass is 16.5. The maximum absolute atomic E-state index is 10.2. The molecule has 1 atom stereocenters. The van der Waals surface area contributed by atoms with E-state index in [2.05, 4.69) is 5.32 Å². The number of nitrogens with one attached hydrogen (secondary N) is 1. The third-order valence-corrected chi connectivity index (χ3v) is 0.879. The molecule has 6 heteroatoms. The van der Waals surface area contributed by atoms with E-state index in [9.17, 15) is 4.79 Å². The van der Waals surface area contributed by atoms with Crippen molar-refractivity contribution >= 4 is 6.03 Å². The van der Waals surface area contributed by atoms with Crippen molar-refractivity contribution in [3.05, 3.63) is 0 Å². The summed E-state index contributed by atoms with van der Waals surface area (Å²) in [5.41, 5.74) is 4.74. The van der Waals surface area contributed by atoms with Crippen LogP contribution in [0.15, 0.2) is 0 Å². The fourth-order valence-electron chi connectivity index (χ4n) is 0.494. The summed E-state index contributed by atoms with van der Waals surface area (Å²) in [4.78, 5) is 10.2. The zero-order chi connectivity index (χ0) is 8.69. The Kier molecular flexibility index (Phi) is 5.44. The van der Waals surface area contributed by atoms with Gasteiger partial charge in [-0.15, -0.1) is 0 Å². The minimum Gasteiger partial charge on any atom is -0.394 e. The number of aliphatic hydroxyl groups excluding tert-OH is 2. The van der Waals surface area contributed by atoms with Crippen LogP contribution in [0.4, 0.5) is 4.79 Å². The Bertz CT molecular complexity index is 119. The molecular weight excluding hydrogens is 152 g/mol. The number of hydrogen-bond donors (Lipinski definition) is 4. The molecule has 11 heavy (non-hydrogen) atoms. The van der Waals surface area contributed by atoms with Crippen molar-refractivity contribution in [3.8, 4) is 0 Å². The van der Waals surface area contributed by atoms with E-state index in [0.29, 0.717) is 0 Å². The van der Waals surface area contributed by atoms with Gasteiger partial charge in [-0.3, -0.25) is 0 Å². The first-order chi connectivity index (χ1) is 5.20. The van der Waals surface area contributed by atoms with E-state index in [1.54, 1.807) is 0 Å². The first kappa shape index (κ1) is 10.2. The molecule has 0 aromatic rings. The maximum atomic E-state index is 10.2. The fraction of sp³-hybridized carbons (Fsp3) is 0.800. The molecular formula is C5H12N2O4. The Balaban J connectivity index is 3.49. The van der Waals surface area contributed by atoms with Gasteiger partial charge in [0, 0.05) is 0 Å². The summed E-state index contributed by atoms with van der Waals surface area (Å²) in [5.74, 6) is 0. The molecule has 1 unspecified atom stereocenters. The van der Waals surface area contributed by atoms with Gasteiger partial charge < -0.3 is 26.0 Å². The maximum Gasteiger partial charge on any atom is 0.314 e. The number of urea groups is 1. The topological polar surface area (TPSA) is 105 Å². The van der Waals surface area contributed by atoms with E-state index in [0.717, 1.165) is 0 Å². The van der Waals surface area contributed by atoms with Crippen molar-refractivity contribution in [2.45, 2.75) is 6.23 Å². The largest absolute Gasteiger partial charge is 0.394 e. The highest BCUT2D eigenvalue weighted by Crippen LogP contribution is 1.84. The van der Waals surface area contributed by atoms with Crippen molar-refractivity contribution in [1.82, 2.24) is 5.32 Å². The van der Waals surface area contributed by atoms with Gasteiger partial charge in [0.1, 0.15) is 0 Å². The Hall–Kier alpha value is -0.850. The summed E-state index contributed by atoms with van der Waals surface area (Å²) in [5, 5.41) is 18.9. The van der Waals surface area contributed by atoms with Gasteiger partial charge in [0.25, 0.3) is 0 Å². The monoisotopic (exact) mass is 164 g/mol. The minimum atomic E-state index is -0.834. The van der Waals surface area contributed by atoms with E-state index >= 15 is 0 Å². The standard InChI is InChI=1S/C5H12N2O4/c6-5(10)7-4(3-9)11-2-1-8/h4,8-9H,1-3H2,(H3,6,7,10). The molecule has 0 aromatic heterocycles. The molecule has 0 aliphatic heterocycles. The number of carbonyl (C=O) groups excluding carboxylic acids is 1. The normalized spacial score (nSPS) is 12.5. The van der Waals surface area contributed by atoms with Gasteiger partial charge in [0.2, 0.25) is 0 Å². The van der Waals surface area contributed by atoms with E-state index in [4.69, 9.17) is 20.7 Å². The molecule has 66 valence electrons. The first-order valence-corrected chi connectivity index (χ1v) is 3.10. The van der Waals surface area contributed by atoms with Gasteiger partial charge in [0.15, 0.2) is 6.23 Å².